The summed E-state index contributed by atoms with van der Waals surface area (Å²) >= 11 is 0. The molecule has 1 aliphatic carbocycles. The zero-order valence-corrected chi connectivity index (χ0v) is 11.9. The standard InChI is InChI=1S/C13H20N2O3S/c1-18-12-6-5-11(14)9-13(12)19(16,17)15-8-7-10-3-2-4-10/h5-6,9-10,15H,2-4,7-8,14H2,1H3. The van der Waals surface area contributed by atoms with Crippen LogP contribution in [0.15, 0.2) is 23.1 Å². The number of ether oxygens (including phenoxy) is 1. The summed E-state index contributed by atoms with van der Waals surface area (Å²) < 4.78 is 32.1. The first-order chi connectivity index (χ1) is 9.03. The van der Waals surface area contributed by atoms with Gasteiger partial charge in [0.05, 0.1) is 7.11 Å². The van der Waals surface area contributed by atoms with Crippen molar-refractivity contribution in [3.05, 3.63) is 18.2 Å². The summed E-state index contributed by atoms with van der Waals surface area (Å²) in [6.45, 7) is 0.463. The van der Waals surface area contributed by atoms with Gasteiger partial charge in [-0.25, -0.2) is 13.1 Å². The molecule has 0 radical (unpaired) electrons. The molecule has 1 aliphatic rings. The van der Waals surface area contributed by atoms with Gasteiger partial charge in [-0.3, -0.25) is 0 Å². The topological polar surface area (TPSA) is 81.4 Å². The first-order valence-electron chi connectivity index (χ1n) is 6.46. The lowest BCUT2D eigenvalue weighted by molar-refractivity contribution is 0.297. The molecule has 3 N–H and O–H groups in total. The molecule has 6 heteroatoms. The third-order valence-corrected chi connectivity index (χ3v) is 5.03. The van der Waals surface area contributed by atoms with E-state index in [0.29, 0.717) is 23.9 Å². The maximum atomic E-state index is 12.2. The highest BCUT2D eigenvalue weighted by Crippen LogP contribution is 2.29. The van der Waals surface area contributed by atoms with Gasteiger partial charge >= 0.3 is 0 Å². The van der Waals surface area contributed by atoms with E-state index in [2.05, 4.69) is 4.72 Å². The Morgan fingerprint density at radius 2 is 2.16 bits per heavy atom. The van der Waals surface area contributed by atoms with Crippen LogP contribution in [0, 0.1) is 5.92 Å². The highest BCUT2D eigenvalue weighted by molar-refractivity contribution is 7.89. The van der Waals surface area contributed by atoms with Crippen LogP contribution in [-0.4, -0.2) is 22.1 Å². The molecule has 1 aromatic carbocycles. The summed E-state index contributed by atoms with van der Waals surface area (Å²) in [5.74, 6) is 0.982. The molecule has 1 aromatic rings. The van der Waals surface area contributed by atoms with Gasteiger partial charge in [-0.1, -0.05) is 19.3 Å². The minimum absolute atomic E-state index is 0.101. The minimum Gasteiger partial charge on any atom is -0.495 e. The summed E-state index contributed by atoms with van der Waals surface area (Å²) in [7, 11) is -2.12. The number of anilines is 1. The van der Waals surface area contributed by atoms with E-state index >= 15 is 0 Å². The SMILES string of the molecule is COc1ccc(N)cc1S(=O)(=O)NCCC1CCC1. The largest absolute Gasteiger partial charge is 0.495 e. The Morgan fingerprint density at radius 1 is 1.42 bits per heavy atom. The highest BCUT2D eigenvalue weighted by Gasteiger charge is 2.21. The predicted octanol–water partition coefficient (Wildman–Crippen LogP) is 1.75. The van der Waals surface area contributed by atoms with Crippen molar-refractivity contribution < 1.29 is 13.2 Å². The molecule has 19 heavy (non-hydrogen) atoms. The second kappa shape index (κ2) is 5.79. The molecule has 0 aliphatic heterocycles. The number of sulfonamides is 1. The molecule has 2 rings (SSSR count). The Labute approximate surface area is 114 Å². The molecule has 0 saturated heterocycles. The number of nitrogen functional groups attached to an aromatic ring is 1. The van der Waals surface area contributed by atoms with Gasteiger partial charge in [-0.15, -0.1) is 0 Å². The Kier molecular flexibility index (Phi) is 4.31. The van der Waals surface area contributed by atoms with Crippen molar-refractivity contribution in [1.29, 1.82) is 0 Å². The van der Waals surface area contributed by atoms with Crippen molar-refractivity contribution in [3.63, 3.8) is 0 Å². The number of hydrogen-bond donors (Lipinski definition) is 2. The van der Waals surface area contributed by atoms with Gasteiger partial charge in [-0.2, -0.15) is 0 Å². The average Bonchev–Trinajstić information content (AvgIpc) is 2.32. The molecular weight excluding hydrogens is 264 g/mol. The molecule has 106 valence electrons. The Balaban J connectivity index is 2.07. The minimum atomic E-state index is -3.56. The van der Waals surface area contributed by atoms with Gasteiger partial charge in [0.15, 0.2) is 0 Å². The van der Waals surface area contributed by atoms with Crippen LogP contribution in [-0.2, 0) is 10.0 Å². The summed E-state index contributed by atoms with van der Waals surface area (Å²) in [5.41, 5.74) is 6.04. The van der Waals surface area contributed by atoms with Crippen molar-refractivity contribution in [2.75, 3.05) is 19.4 Å². The third kappa shape index (κ3) is 3.39. The number of methoxy groups -OCH3 is 1. The second-order valence-corrected chi connectivity index (χ2v) is 6.63. The maximum Gasteiger partial charge on any atom is 0.244 e. The van der Waals surface area contributed by atoms with Crippen LogP contribution in [0.5, 0.6) is 5.75 Å². The summed E-state index contributed by atoms with van der Waals surface area (Å²) in [6, 6.07) is 4.60. The monoisotopic (exact) mass is 284 g/mol. The smallest absolute Gasteiger partial charge is 0.244 e. The lowest BCUT2D eigenvalue weighted by Crippen LogP contribution is -2.28. The van der Waals surface area contributed by atoms with E-state index in [1.165, 1.54) is 32.4 Å². The lowest BCUT2D eigenvalue weighted by Gasteiger charge is -2.25. The van der Waals surface area contributed by atoms with Crippen LogP contribution in [0.4, 0.5) is 5.69 Å². The van der Waals surface area contributed by atoms with E-state index < -0.39 is 10.0 Å². The summed E-state index contributed by atoms with van der Waals surface area (Å²) in [4.78, 5) is 0.101. The first-order valence-corrected chi connectivity index (χ1v) is 7.94. The van der Waals surface area contributed by atoms with Crippen LogP contribution in [0.2, 0.25) is 0 Å². The van der Waals surface area contributed by atoms with Crippen LogP contribution < -0.4 is 15.2 Å². The van der Waals surface area contributed by atoms with Crippen molar-refractivity contribution in [2.45, 2.75) is 30.6 Å². The lowest BCUT2D eigenvalue weighted by atomic mass is 9.83. The molecule has 0 bridgehead atoms. The fourth-order valence-corrected chi connectivity index (χ4v) is 3.41. The molecule has 0 aromatic heterocycles. The van der Waals surface area contributed by atoms with Crippen LogP contribution in [0.1, 0.15) is 25.7 Å². The quantitative estimate of drug-likeness (QED) is 0.780. The molecule has 0 atom stereocenters. The molecule has 0 amide bonds. The Morgan fingerprint density at radius 3 is 2.74 bits per heavy atom. The van der Waals surface area contributed by atoms with E-state index in [0.717, 1.165) is 6.42 Å². The van der Waals surface area contributed by atoms with Crippen molar-refractivity contribution in [3.8, 4) is 5.75 Å². The van der Waals surface area contributed by atoms with Gasteiger partial charge in [0.1, 0.15) is 10.6 Å². The van der Waals surface area contributed by atoms with E-state index in [4.69, 9.17) is 10.5 Å². The third-order valence-electron chi connectivity index (χ3n) is 3.55. The van der Waals surface area contributed by atoms with Gasteiger partial charge in [0, 0.05) is 12.2 Å². The fourth-order valence-electron chi connectivity index (χ4n) is 2.16. The average molecular weight is 284 g/mol. The number of nitrogens with one attached hydrogen (secondary N) is 1. The normalized spacial score (nSPS) is 16.1. The van der Waals surface area contributed by atoms with Gasteiger partial charge in [-0.05, 0) is 30.5 Å². The van der Waals surface area contributed by atoms with Crippen LogP contribution in [0.25, 0.3) is 0 Å². The first kappa shape index (κ1) is 14.1. The molecule has 5 nitrogen and oxygen atoms in total. The van der Waals surface area contributed by atoms with E-state index in [1.54, 1.807) is 12.1 Å². The van der Waals surface area contributed by atoms with Crippen molar-refractivity contribution in [2.24, 2.45) is 5.92 Å². The molecule has 0 unspecified atom stereocenters. The number of hydrogen-bond acceptors (Lipinski definition) is 4. The van der Waals surface area contributed by atoms with Crippen molar-refractivity contribution >= 4 is 15.7 Å². The summed E-state index contributed by atoms with van der Waals surface area (Å²) in [5, 5.41) is 0. The maximum absolute atomic E-state index is 12.2. The molecule has 0 heterocycles. The molecule has 1 saturated carbocycles. The van der Waals surface area contributed by atoms with Gasteiger partial charge in [0.2, 0.25) is 10.0 Å². The fraction of sp³-hybridized carbons (Fsp3) is 0.538. The molecular formula is C13H20N2O3S. The Bertz CT molecular complexity index is 539. The molecule has 1 fully saturated rings. The van der Waals surface area contributed by atoms with Crippen LogP contribution >= 0.6 is 0 Å². The van der Waals surface area contributed by atoms with E-state index in [1.807, 2.05) is 0 Å². The Hall–Kier alpha value is -1.27. The number of benzene rings is 1. The summed E-state index contributed by atoms with van der Waals surface area (Å²) in [6.07, 6.45) is 4.58. The number of nitrogens with two attached hydrogens (primary N) is 1. The van der Waals surface area contributed by atoms with Gasteiger partial charge < -0.3 is 10.5 Å². The van der Waals surface area contributed by atoms with Crippen LogP contribution in [0.3, 0.4) is 0 Å². The van der Waals surface area contributed by atoms with E-state index in [-0.39, 0.29) is 4.90 Å². The van der Waals surface area contributed by atoms with Crippen molar-refractivity contribution in [1.82, 2.24) is 4.72 Å². The van der Waals surface area contributed by atoms with Gasteiger partial charge in [0.25, 0.3) is 0 Å². The number of rotatable bonds is 6. The zero-order valence-electron chi connectivity index (χ0n) is 11.1. The highest BCUT2D eigenvalue weighted by atomic mass is 32.2. The zero-order chi connectivity index (χ0) is 13.9. The molecule has 0 spiro atoms. The second-order valence-electron chi connectivity index (χ2n) is 4.89. The van der Waals surface area contributed by atoms with E-state index in [9.17, 15) is 8.42 Å². The predicted molar refractivity (Wildman–Crippen MR) is 74.6 cm³/mol.